The molecule has 0 spiro atoms. The Balaban J connectivity index is 1.60. The minimum atomic E-state index is 0.831. The minimum Gasteiger partial charge on any atom is -0.379 e. The fourth-order valence-corrected chi connectivity index (χ4v) is 2.41. The molecule has 0 aromatic heterocycles. The van der Waals surface area contributed by atoms with E-state index < -0.39 is 0 Å². The molecule has 0 bridgehead atoms. The third-order valence-corrected chi connectivity index (χ3v) is 3.58. The maximum absolute atomic E-state index is 5.34. The number of hydrazine groups is 1. The number of hydrogen-bond acceptors (Lipinski definition) is 3. The first-order valence-electron chi connectivity index (χ1n) is 6.57. The van der Waals surface area contributed by atoms with Gasteiger partial charge in [-0.2, -0.15) is 0 Å². The Morgan fingerprint density at radius 2 is 1.94 bits per heavy atom. The highest BCUT2D eigenvalue weighted by Crippen LogP contribution is 2.41. The summed E-state index contributed by atoms with van der Waals surface area (Å²) in [6.45, 7) is 4.62. The molecule has 3 nitrogen and oxygen atoms in total. The van der Waals surface area contributed by atoms with Gasteiger partial charge in [-0.05, 0) is 29.9 Å². The first kappa shape index (κ1) is 11.2. The molecular formula is C14H20N2O. The minimum absolute atomic E-state index is 0.831. The topological polar surface area (TPSA) is 24.5 Å². The molecule has 0 amide bonds. The van der Waals surface area contributed by atoms with Crippen LogP contribution in [0.3, 0.4) is 0 Å². The van der Waals surface area contributed by atoms with E-state index in [0.29, 0.717) is 0 Å². The summed E-state index contributed by atoms with van der Waals surface area (Å²) in [4.78, 5) is 0. The van der Waals surface area contributed by atoms with Gasteiger partial charge in [-0.15, -0.1) is 0 Å². The highest BCUT2D eigenvalue weighted by atomic mass is 16.5. The second kappa shape index (κ2) is 5.17. The third kappa shape index (κ3) is 2.86. The molecular weight excluding hydrogens is 212 g/mol. The lowest BCUT2D eigenvalue weighted by molar-refractivity contribution is 0.0105. The largest absolute Gasteiger partial charge is 0.379 e. The van der Waals surface area contributed by atoms with Crippen molar-refractivity contribution in [1.29, 1.82) is 0 Å². The molecule has 3 rings (SSSR count). The Labute approximate surface area is 103 Å². The highest BCUT2D eigenvalue weighted by Gasteiger charge is 2.25. The van der Waals surface area contributed by atoms with Gasteiger partial charge in [-0.25, -0.2) is 5.01 Å². The number of nitrogens with zero attached hydrogens (tertiary/aromatic N) is 1. The smallest absolute Gasteiger partial charge is 0.0608 e. The summed E-state index contributed by atoms with van der Waals surface area (Å²) >= 11 is 0. The van der Waals surface area contributed by atoms with Gasteiger partial charge in [-0.3, -0.25) is 5.43 Å². The number of rotatable bonds is 4. The molecule has 17 heavy (non-hydrogen) atoms. The molecule has 0 radical (unpaired) electrons. The van der Waals surface area contributed by atoms with E-state index in [9.17, 15) is 0 Å². The summed E-state index contributed by atoms with van der Waals surface area (Å²) < 4.78 is 5.34. The van der Waals surface area contributed by atoms with E-state index in [-0.39, 0.29) is 0 Å². The van der Waals surface area contributed by atoms with E-state index in [1.54, 1.807) is 5.56 Å². The fourth-order valence-electron chi connectivity index (χ4n) is 2.41. The van der Waals surface area contributed by atoms with Crippen molar-refractivity contribution in [2.45, 2.75) is 25.3 Å². The van der Waals surface area contributed by atoms with Crippen LogP contribution in [-0.4, -0.2) is 31.3 Å². The van der Waals surface area contributed by atoms with Crippen molar-refractivity contribution < 1.29 is 4.74 Å². The van der Waals surface area contributed by atoms with Crippen LogP contribution in [-0.2, 0) is 11.3 Å². The van der Waals surface area contributed by atoms with Gasteiger partial charge in [-0.1, -0.05) is 24.3 Å². The lowest BCUT2D eigenvalue weighted by Gasteiger charge is -2.27. The van der Waals surface area contributed by atoms with Gasteiger partial charge < -0.3 is 4.74 Å². The van der Waals surface area contributed by atoms with Crippen molar-refractivity contribution in [1.82, 2.24) is 10.4 Å². The maximum atomic E-state index is 5.34. The quantitative estimate of drug-likeness (QED) is 0.858. The van der Waals surface area contributed by atoms with Crippen LogP contribution in [0.5, 0.6) is 0 Å². The van der Waals surface area contributed by atoms with Gasteiger partial charge >= 0.3 is 0 Å². The first-order valence-corrected chi connectivity index (χ1v) is 6.57. The SMILES string of the molecule is c1ccc(C2CC2)c(CNN2CCOCC2)c1. The molecule has 92 valence electrons. The van der Waals surface area contributed by atoms with E-state index in [1.807, 2.05) is 0 Å². The Morgan fingerprint density at radius 1 is 1.18 bits per heavy atom. The molecule has 1 aromatic rings. The zero-order valence-corrected chi connectivity index (χ0v) is 10.2. The second-order valence-corrected chi connectivity index (χ2v) is 4.91. The van der Waals surface area contributed by atoms with Crippen LogP contribution in [0.15, 0.2) is 24.3 Å². The van der Waals surface area contributed by atoms with Gasteiger partial charge in [0.15, 0.2) is 0 Å². The molecule has 1 aromatic carbocycles. The monoisotopic (exact) mass is 232 g/mol. The van der Waals surface area contributed by atoms with Crippen LogP contribution in [0.4, 0.5) is 0 Å². The molecule has 1 aliphatic carbocycles. The Hall–Kier alpha value is -0.900. The number of benzene rings is 1. The Bertz CT molecular complexity index is 370. The maximum Gasteiger partial charge on any atom is 0.0608 e. The van der Waals surface area contributed by atoms with Gasteiger partial charge in [0.25, 0.3) is 0 Å². The Kier molecular flexibility index (Phi) is 3.41. The summed E-state index contributed by atoms with van der Waals surface area (Å²) in [5, 5.41) is 2.27. The standard InChI is InChI=1S/C14H20N2O/c1-2-4-14(12-5-6-12)13(3-1)11-15-16-7-9-17-10-8-16/h1-4,12,15H,5-11H2. The molecule has 1 aliphatic heterocycles. The molecule has 0 atom stereocenters. The summed E-state index contributed by atoms with van der Waals surface area (Å²) in [6, 6.07) is 8.84. The van der Waals surface area contributed by atoms with E-state index in [0.717, 1.165) is 38.8 Å². The van der Waals surface area contributed by atoms with Gasteiger partial charge in [0.1, 0.15) is 0 Å². The number of hydrogen-bond donors (Lipinski definition) is 1. The molecule has 1 saturated carbocycles. The predicted molar refractivity (Wildman–Crippen MR) is 67.6 cm³/mol. The highest BCUT2D eigenvalue weighted by molar-refractivity contribution is 5.33. The van der Waals surface area contributed by atoms with Crippen LogP contribution in [0.25, 0.3) is 0 Å². The molecule has 3 heteroatoms. The van der Waals surface area contributed by atoms with Crippen molar-refractivity contribution in [3.8, 4) is 0 Å². The summed E-state index contributed by atoms with van der Waals surface area (Å²) in [5.41, 5.74) is 6.52. The van der Waals surface area contributed by atoms with Gasteiger partial charge in [0, 0.05) is 19.6 Å². The van der Waals surface area contributed by atoms with Crippen LogP contribution < -0.4 is 5.43 Å². The average Bonchev–Trinajstić information content (AvgIpc) is 3.22. The lowest BCUT2D eigenvalue weighted by atomic mass is 10.0. The van der Waals surface area contributed by atoms with E-state index in [2.05, 4.69) is 34.7 Å². The molecule has 2 aliphatic rings. The molecule has 1 saturated heterocycles. The average molecular weight is 232 g/mol. The van der Waals surface area contributed by atoms with Crippen molar-refractivity contribution >= 4 is 0 Å². The van der Waals surface area contributed by atoms with Crippen LogP contribution >= 0.6 is 0 Å². The summed E-state index contributed by atoms with van der Waals surface area (Å²) in [7, 11) is 0. The van der Waals surface area contributed by atoms with Crippen molar-refractivity contribution in [3.63, 3.8) is 0 Å². The van der Waals surface area contributed by atoms with Crippen molar-refractivity contribution in [3.05, 3.63) is 35.4 Å². The zero-order valence-electron chi connectivity index (χ0n) is 10.2. The van der Waals surface area contributed by atoms with Gasteiger partial charge in [0.05, 0.1) is 13.2 Å². The van der Waals surface area contributed by atoms with Crippen molar-refractivity contribution in [2.75, 3.05) is 26.3 Å². The molecule has 2 fully saturated rings. The molecule has 0 unspecified atom stereocenters. The Morgan fingerprint density at radius 3 is 2.71 bits per heavy atom. The van der Waals surface area contributed by atoms with E-state index in [4.69, 9.17) is 4.74 Å². The van der Waals surface area contributed by atoms with Crippen LogP contribution in [0.2, 0.25) is 0 Å². The number of nitrogens with one attached hydrogen (secondary N) is 1. The predicted octanol–water partition coefficient (Wildman–Crippen LogP) is 1.90. The first-order chi connectivity index (χ1) is 8.43. The number of morpholine rings is 1. The van der Waals surface area contributed by atoms with Crippen LogP contribution in [0, 0.1) is 0 Å². The van der Waals surface area contributed by atoms with Crippen LogP contribution in [0.1, 0.15) is 29.9 Å². The molecule has 1 N–H and O–H groups in total. The summed E-state index contributed by atoms with van der Waals surface area (Å²) in [5.74, 6) is 0.831. The van der Waals surface area contributed by atoms with E-state index in [1.165, 1.54) is 18.4 Å². The third-order valence-electron chi connectivity index (χ3n) is 3.58. The van der Waals surface area contributed by atoms with Gasteiger partial charge in [0.2, 0.25) is 0 Å². The zero-order chi connectivity index (χ0) is 11.5. The van der Waals surface area contributed by atoms with E-state index >= 15 is 0 Å². The van der Waals surface area contributed by atoms with Crippen molar-refractivity contribution in [2.24, 2.45) is 0 Å². The normalized spacial score (nSPS) is 21.6. The summed E-state index contributed by atoms with van der Waals surface area (Å²) in [6.07, 6.45) is 2.74. The number of ether oxygens (including phenoxy) is 1. The fraction of sp³-hybridized carbons (Fsp3) is 0.571. The lowest BCUT2D eigenvalue weighted by Crippen LogP contribution is -2.45. The molecule has 1 heterocycles. The second-order valence-electron chi connectivity index (χ2n) is 4.91.